The van der Waals surface area contributed by atoms with Crippen LogP contribution in [-0.2, 0) is 14.3 Å². The van der Waals surface area contributed by atoms with E-state index in [4.69, 9.17) is 4.74 Å². The summed E-state index contributed by atoms with van der Waals surface area (Å²) in [6.07, 6.45) is 0.163. The molecule has 0 radical (unpaired) electrons. The first-order valence-corrected chi connectivity index (χ1v) is 2.76. The molecule has 2 aliphatic heterocycles. The molecule has 2 saturated heterocycles. The summed E-state index contributed by atoms with van der Waals surface area (Å²) in [6.45, 7) is 0.156. The molecule has 2 fully saturated rings. The van der Waals surface area contributed by atoms with Crippen LogP contribution in [0.5, 0.6) is 0 Å². The number of hydrogen-bond acceptors (Lipinski definition) is 3. The van der Waals surface area contributed by atoms with Gasteiger partial charge in [0.1, 0.15) is 6.54 Å². The predicted octanol–water partition coefficient (Wildman–Crippen LogP) is -0.898. The number of nitrogens with zero attached hydrogens (tertiary/aromatic N) is 1. The highest BCUT2D eigenvalue weighted by Gasteiger charge is 2.45. The van der Waals surface area contributed by atoms with Crippen molar-refractivity contribution in [2.75, 3.05) is 6.54 Å². The largest absolute Gasteiger partial charge is 0.440 e. The lowest BCUT2D eigenvalue weighted by Crippen LogP contribution is -2.48. The highest BCUT2D eigenvalue weighted by atomic mass is 16.6. The molecule has 1 amide bonds. The summed E-state index contributed by atoms with van der Waals surface area (Å²) in [5.41, 5.74) is 0. The first-order chi connectivity index (χ1) is 4.27. The van der Waals surface area contributed by atoms with Gasteiger partial charge in [-0.15, -0.1) is 0 Å². The van der Waals surface area contributed by atoms with Crippen LogP contribution in [0.15, 0.2) is 0 Å². The Kier molecular flexibility index (Phi) is 0.670. The summed E-state index contributed by atoms with van der Waals surface area (Å²) in [7, 11) is 0. The SMILES string of the molecule is O=C1CN2C(=O)CC2O1. The molecule has 0 spiro atoms. The molecule has 2 aliphatic rings. The summed E-state index contributed by atoms with van der Waals surface area (Å²) < 4.78 is 4.70. The molecular formula is C5H5NO3. The minimum Gasteiger partial charge on any atom is -0.440 e. The Hall–Kier alpha value is -1.06. The third kappa shape index (κ3) is 0.472. The van der Waals surface area contributed by atoms with E-state index in [-0.39, 0.29) is 24.6 Å². The maximum absolute atomic E-state index is 10.6. The van der Waals surface area contributed by atoms with Gasteiger partial charge in [-0.2, -0.15) is 0 Å². The van der Waals surface area contributed by atoms with Gasteiger partial charge in [-0.1, -0.05) is 0 Å². The van der Waals surface area contributed by atoms with Gasteiger partial charge >= 0.3 is 5.97 Å². The average molecular weight is 127 g/mol. The summed E-state index contributed by atoms with van der Waals surface area (Å²) in [4.78, 5) is 22.4. The summed E-state index contributed by atoms with van der Waals surface area (Å²) >= 11 is 0. The van der Waals surface area contributed by atoms with Crippen LogP contribution in [0.2, 0.25) is 0 Å². The maximum atomic E-state index is 10.6. The molecule has 1 atom stereocenters. The van der Waals surface area contributed by atoms with E-state index in [2.05, 4.69) is 0 Å². The lowest BCUT2D eigenvalue weighted by molar-refractivity contribution is -0.159. The van der Waals surface area contributed by atoms with Crippen molar-refractivity contribution in [2.45, 2.75) is 12.6 Å². The molecule has 0 saturated carbocycles. The molecule has 9 heavy (non-hydrogen) atoms. The van der Waals surface area contributed by atoms with E-state index in [1.165, 1.54) is 4.90 Å². The monoisotopic (exact) mass is 127 g/mol. The lowest BCUT2D eigenvalue weighted by Gasteiger charge is -2.30. The van der Waals surface area contributed by atoms with Crippen molar-refractivity contribution < 1.29 is 14.3 Å². The van der Waals surface area contributed by atoms with Gasteiger partial charge in [0, 0.05) is 0 Å². The fraction of sp³-hybridized carbons (Fsp3) is 0.600. The lowest BCUT2D eigenvalue weighted by atomic mass is 10.2. The van der Waals surface area contributed by atoms with Crippen molar-refractivity contribution in [1.82, 2.24) is 4.90 Å². The number of β-lactam (4-membered cyclic amide) rings is 1. The van der Waals surface area contributed by atoms with Crippen LogP contribution in [0.1, 0.15) is 6.42 Å². The number of esters is 1. The molecule has 2 heterocycles. The van der Waals surface area contributed by atoms with Gasteiger partial charge < -0.3 is 4.74 Å². The van der Waals surface area contributed by atoms with Crippen LogP contribution in [-0.4, -0.2) is 29.5 Å². The molecule has 48 valence electrons. The zero-order chi connectivity index (χ0) is 6.43. The highest BCUT2D eigenvalue weighted by molar-refractivity contribution is 5.90. The Labute approximate surface area is 51.4 Å². The molecule has 4 heteroatoms. The van der Waals surface area contributed by atoms with Gasteiger partial charge in [0.15, 0.2) is 6.23 Å². The Morgan fingerprint density at radius 2 is 2.33 bits per heavy atom. The van der Waals surface area contributed by atoms with E-state index in [1.807, 2.05) is 0 Å². The van der Waals surface area contributed by atoms with Crippen molar-refractivity contribution in [3.05, 3.63) is 0 Å². The molecule has 2 rings (SSSR count). The van der Waals surface area contributed by atoms with E-state index >= 15 is 0 Å². The minimum absolute atomic E-state index is 0.0193. The molecule has 0 aromatic rings. The number of fused-ring (bicyclic) bond motifs is 1. The zero-order valence-electron chi connectivity index (χ0n) is 4.66. The van der Waals surface area contributed by atoms with E-state index < -0.39 is 0 Å². The molecule has 0 aromatic heterocycles. The molecule has 1 unspecified atom stereocenters. The minimum atomic E-state index is -0.286. The van der Waals surface area contributed by atoms with Crippen LogP contribution in [0.25, 0.3) is 0 Å². The maximum Gasteiger partial charge on any atom is 0.327 e. The third-order valence-electron chi connectivity index (χ3n) is 1.58. The van der Waals surface area contributed by atoms with Gasteiger partial charge in [-0.3, -0.25) is 14.5 Å². The second-order valence-electron chi connectivity index (χ2n) is 2.17. The summed E-state index contributed by atoms with van der Waals surface area (Å²) in [5.74, 6) is -0.267. The van der Waals surface area contributed by atoms with Crippen LogP contribution >= 0.6 is 0 Å². The number of ether oxygens (including phenoxy) is 1. The Bertz CT molecular complexity index is 187. The number of amides is 1. The van der Waals surface area contributed by atoms with E-state index in [0.29, 0.717) is 6.42 Å². The first-order valence-electron chi connectivity index (χ1n) is 2.76. The van der Waals surface area contributed by atoms with Crippen LogP contribution in [0, 0.1) is 0 Å². The van der Waals surface area contributed by atoms with Crippen molar-refractivity contribution in [1.29, 1.82) is 0 Å². The number of rotatable bonds is 0. The second kappa shape index (κ2) is 1.26. The molecule has 0 aromatic carbocycles. The van der Waals surface area contributed by atoms with E-state index in [0.717, 1.165) is 0 Å². The van der Waals surface area contributed by atoms with Crippen LogP contribution < -0.4 is 0 Å². The average Bonchev–Trinajstić information content (AvgIpc) is 2.08. The smallest absolute Gasteiger partial charge is 0.327 e. The Balaban J connectivity index is 2.16. The van der Waals surface area contributed by atoms with Crippen molar-refractivity contribution >= 4 is 11.9 Å². The van der Waals surface area contributed by atoms with Gasteiger partial charge in [0.25, 0.3) is 0 Å². The fourth-order valence-electron chi connectivity index (χ4n) is 1.05. The number of carbonyl (C=O) groups is 2. The van der Waals surface area contributed by atoms with Gasteiger partial charge in [0.2, 0.25) is 5.91 Å². The third-order valence-corrected chi connectivity index (χ3v) is 1.58. The zero-order valence-corrected chi connectivity index (χ0v) is 4.66. The highest BCUT2D eigenvalue weighted by Crippen LogP contribution is 2.24. The molecular weight excluding hydrogens is 122 g/mol. The van der Waals surface area contributed by atoms with Gasteiger partial charge in [-0.05, 0) is 0 Å². The Morgan fingerprint density at radius 3 is 2.78 bits per heavy atom. The number of hydrogen-bond donors (Lipinski definition) is 0. The molecule has 4 nitrogen and oxygen atoms in total. The topological polar surface area (TPSA) is 46.6 Å². The van der Waals surface area contributed by atoms with Crippen LogP contribution in [0.3, 0.4) is 0 Å². The van der Waals surface area contributed by atoms with Gasteiger partial charge in [0.05, 0.1) is 6.42 Å². The van der Waals surface area contributed by atoms with Crippen LogP contribution in [0.4, 0.5) is 0 Å². The summed E-state index contributed by atoms with van der Waals surface area (Å²) in [6, 6.07) is 0. The standard InChI is InChI=1S/C5H5NO3/c7-3-1-4-6(3)2-5(8)9-4/h4H,1-2H2. The van der Waals surface area contributed by atoms with E-state index in [1.54, 1.807) is 0 Å². The normalized spacial score (nSPS) is 31.6. The van der Waals surface area contributed by atoms with Gasteiger partial charge in [-0.25, -0.2) is 0 Å². The Morgan fingerprint density at radius 1 is 1.56 bits per heavy atom. The van der Waals surface area contributed by atoms with E-state index in [9.17, 15) is 9.59 Å². The van der Waals surface area contributed by atoms with Crippen molar-refractivity contribution in [3.8, 4) is 0 Å². The molecule has 0 aliphatic carbocycles. The second-order valence-corrected chi connectivity index (χ2v) is 2.17. The number of carbonyl (C=O) groups excluding carboxylic acids is 2. The van der Waals surface area contributed by atoms with Crippen molar-refractivity contribution in [3.63, 3.8) is 0 Å². The molecule has 0 bridgehead atoms. The fourth-order valence-corrected chi connectivity index (χ4v) is 1.05. The summed E-state index contributed by atoms with van der Waals surface area (Å²) in [5, 5.41) is 0. The quantitative estimate of drug-likeness (QED) is 0.313. The predicted molar refractivity (Wildman–Crippen MR) is 26.2 cm³/mol. The van der Waals surface area contributed by atoms with Crippen molar-refractivity contribution in [2.24, 2.45) is 0 Å². The first kappa shape index (κ1) is 4.78. The molecule has 0 N–H and O–H groups in total.